The number of anilines is 1. The Morgan fingerprint density at radius 1 is 1.35 bits per heavy atom. The summed E-state index contributed by atoms with van der Waals surface area (Å²) in [5, 5.41) is 12.9. The van der Waals surface area contributed by atoms with Crippen molar-refractivity contribution in [2.75, 3.05) is 5.32 Å². The van der Waals surface area contributed by atoms with Gasteiger partial charge in [0.1, 0.15) is 11.1 Å². The maximum Gasteiger partial charge on any atom is 0.242 e. The van der Waals surface area contributed by atoms with E-state index in [-0.39, 0.29) is 11.8 Å². The van der Waals surface area contributed by atoms with Crippen LogP contribution in [0.25, 0.3) is 0 Å². The maximum absolute atomic E-state index is 12.1. The van der Waals surface area contributed by atoms with Gasteiger partial charge < -0.3 is 11.1 Å². The molecular weight excluding hydrogens is 270 g/mol. The van der Waals surface area contributed by atoms with Crippen molar-refractivity contribution in [1.82, 2.24) is 0 Å². The van der Waals surface area contributed by atoms with Crippen LogP contribution in [0, 0.1) is 17.2 Å². The van der Waals surface area contributed by atoms with Gasteiger partial charge in [0.25, 0.3) is 0 Å². The van der Waals surface area contributed by atoms with Gasteiger partial charge in [-0.15, -0.1) is 11.3 Å². The number of carbonyl (C=O) groups is 1. The second-order valence-electron chi connectivity index (χ2n) is 5.64. The lowest BCUT2D eigenvalue weighted by molar-refractivity contribution is -0.118. The molecule has 1 aliphatic carbocycles. The molecule has 4 nitrogen and oxygen atoms in total. The van der Waals surface area contributed by atoms with Gasteiger partial charge in [-0.25, -0.2) is 0 Å². The minimum absolute atomic E-state index is 0.0818. The van der Waals surface area contributed by atoms with Crippen LogP contribution in [0.15, 0.2) is 0 Å². The fourth-order valence-electron chi connectivity index (χ4n) is 2.45. The van der Waals surface area contributed by atoms with Gasteiger partial charge in [-0.2, -0.15) is 5.26 Å². The lowest BCUT2D eigenvalue weighted by atomic mass is 10.0. The van der Waals surface area contributed by atoms with E-state index < -0.39 is 6.04 Å². The Bertz CT molecular complexity index is 542. The average Bonchev–Trinajstić information content (AvgIpc) is 2.59. The molecule has 2 rings (SSSR count). The zero-order chi connectivity index (χ0) is 14.7. The largest absolute Gasteiger partial charge is 0.320 e. The highest BCUT2D eigenvalue weighted by Crippen LogP contribution is 2.37. The van der Waals surface area contributed by atoms with Crippen LogP contribution in [0.2, 0.25) is 0 Å². The van der Waals surface area contributed by atoms with Gasteiger partial charge in [-0.05, 0) is 37.2 Å². The second kappa shape index (κ2) is 6.38. The average molecular weight is 291 g/mol. The van der Waals surface area contributed by atoms with Gasteiger partial charge in [-0.3, -0.25) is 4.79 Å². The summed E-state index contributed by atoms with van der Waals surface area (Å²) in [5.74, 6) is -0.119. The van der Waals surface area contributed by atoms with Crippen LogP contribution in [0.5, 0.6) is 0 Å². The molecule has 0 bridgehead atoms. The molecule has 108 valence electrons. The Labute approximate surface area is 124 Å². The second-order valence-corrected chi connectivity index (χ2v) is 6.74. The van der Waals surface area contributed by atoms with Crippen molar-refractivity contribution in [3.63, 3.8) is 0 Å². The number of amides is 1. The van der Waals surface area contributed by atoms with Crippen LogP contribution in [-0.2, 0) is 17.6 Å². The summed E-state index contributed by atoms with van der Waals surface area (Å²) >= 11 is 1.55. The van der Waals surface area contributed by atoms with Crippen molar-refractivity contribution in [3.8, 4) is 6.07 Å². The highest BCUT2D eigenvalue weighted by molar-refractivity contribution is 7.16. The van der Waals surface area contributed by atoms with Crippen LogP contribution >= 0.6 is 11.3 Å². The number of nitrogens with one attached hydrogen (secondary N) is 1. The SMILES string of the molecule is CC(C)[C@H](N)C(=O)Nc1sc2c(c1C#N)CCCCC2. The first-order chi connectivity index (χ1) is 9.54. The number of rotatable bonds is 3. The first-order valence-corrected chi connectivity index (χ1v) is 7.97. The molecule has 0 aromatic carbocycles. The number of thiophene rings is 1. The molecule has 1 heterocycles. The number of fused-ring (bicyclic) bond motifs is 1. The minimum Gasteiger partial charge on any atom is -0.320 e. The third-order valence-corrected chi connectivity index (χ3v) is 5.00. The Balaban J connectivity index is 2.25. The van der Waals surface area contributed by atoms with Crippen LogP contribution < -0.4 is 11.1 Å². The monoisotopic (exact) mass is 291 g/mol. The fourth-order valence-corrected chi connectivity index (χ4v) is 3.69. The topological polar surface area (TPSA) is 78.9 Å². The van der Waals surface area contributed by atoms with Gasteiger partial charge in [0.15, 0.2) is 0 Å². The van der Waals surface area contributed by atoms with E-state index in [1.165, 1.54) is 11.3 Å². The summed E-state index contributed by atoms with van der Waals surface area (Å²) < 4.78 is 0. The zero-order valence-electron chi connectivity index (χ0n) is 12.0. The van der Waals surface area contributed by atoms with Crippen molar-refractivity contribution in [3.05, 3.63) is 16.0 Å². The molecular formula is C15H21N3OS. The Hall–Kier alpha value is -1.38. The van der Waals surface area contributed by atoms with Gasteiger partial charge in [-0.1, -0.05) is 20.3 Å². The van der Waals surface area contributed by atoms with Crippen LogP contribution in [0.3, 0.4) is 0 Å². The number of hydrogen-bond donors (Lipinski definition) is 2. The molecule has 0 fully saturated rings. The van der Waals surface area contributed by atoms with E-state index in [1.54, 1.807) is 11.3 Å². The summed E-state index contributed by atoms with van der Waals surface area (Å²) in [6, 6.07) is 1.72. The van der Waals surface area contributed by atoms with Crippen LogP contribution in [0.4, 0.5) is 5.00 Å². The summed E-state index contributed by atoms with van der Waals surface area (Å²) in [6.45, 7) is 3.83. The molecule has 1 atom stereocenters. The van der Waals surface area contributed by atoms with Crippen LogP contribution in [0.1, 0.15) is 49.1 Å². The number of nitriles is 1. The van der Waals surface area contributed by atoms with Crippen molar-refractivity contribution < 1.29 is 4.79 Å². The summed E-state index contributed by atoms with van der Waals surface area (Å²) in [6.07, 6.45) is 5.46. The predicted molar refractivity (Wildman–Crippen MR) is 81.7 cm³/mol. The summed E-state index contributed by atoms with van der Waals surface area (Å²) in [7, 11) is 0. The Kier molecular flexibility index (Phi) is 4.79. The van der Waals surface area contributed by atoms with Gasteiger partial charge >= 0.3 is 0 Å². The van der Waals surface area contributed by atoms with E-state index in [2.05, 4.69) is 11.4 Å². The molecule has 0 spiro atoms. The molecule has 3 N–H and O–H groups in total. The number of carbonyl (C=O) groups excluding carboxylic acids is 1. The van der Waals surface area contributed by atoms with Gasteiger partial charge in [0.2, 0.25) is 5.91 Å². The predicted octanol–water partition coefficient (Wildman–Crippen LogP) is 2.81. The van der Waals surface area contributed by atoms with Crippen LogP contribution in [-0.4, -0.2) is 11.9 Å². The fraction of sp³-hybridized carbons (Fsp3) is 0.600. The van der Waals surface area contributed by atoms with Crippen molar-refractivity contribution >= 4 is 22.2 Å². The molecule has 0 saturated carbocycles. The highest BCUT2D eigenvalue weighted by Gasteiger charge is 2.23. The molecule has 1 amide bonds. The minimum atomic E-state index is -0.538. The normalized spacial score (nSPS) is 16.1. The highest BCUT2D eigenvalue weighted by atomic mass is 32.1. The first-order valence-electron chi connectivity index (χ1n) is 7.15. The Morgan fingerprint density at radius 3 is 2.70 bits per heavy atom. The van der Waals surface area contributed by atoms with Gasteiger partial charge in [0, 0.05) is 4.88 Å². The maximum atomic E-state index is 12.1. The molecule has 0 aliphatic heterocycles. The molecule has 5 heteroatoms. The number of hydrogen-bond acceptors (Lipinski definition) is 4. The smallest absolute Gasteiger partial charge is 0.242 e. The van der Waals surface area contributed by atoms with E-state index >= 15 is 0 Å². The Morgan fingerprint density at radius 2 is 2.05 bits per heavy atom. The number of aryl methyl sites for hydroxylation is 1. The lowest BCUT2D eigenvalue weighted by Gasteiger charge is -2.14. The van der Waals surface area contributed by atoms with Crippen molar-refractivity contribution in [2.24, 2.45) is 11.7 Å². The summed E-state index contributed by atoms with van der Waals surface area (Å²) in [5.41, 5.74) is 7.65. The number of nitrogens with zero attached hydrogens (tertiary/aromatic N) is 1. The third-order valence-electron chi connectivity index (χ3n) is 3.79. The quantitative estimate of drug-likeness (QED) is 0.840. The van der Waals surface area contributed by atoms with Crippen molar-refractivity contribution in [2.45, 2.75) is 52.0 Å². The van der Waals surface area contributed by atoms with E-state index in [0.29, 0.717) is 10.6 Å². The van der Waals surface area contributed by atoms with E-state index in [0.717, 1.165) is 31.2 Å². The molecule has 0 unspecified atom stereocenters. The van der Waals surface area contributed by atoms with E-state index in [1.807, 2.05) is 13.8 Å². The molecule has 0 saturated heterocycles. The lowest BCUT2D eigenvalue weighted by Crippen LogP contribution is -2.39. The molecule has 1 aromatic rings. The standard InChI is InChI=1S/C15H21N3OS/c1-9(2)13(17)14(19)18-15-11(8-16)10-6-4-3-5-7-12(10)20-15/h9,13H,3-7,17H2,1-2H3,(H,18,19)/t13-/m0/s1. The molecule has 1 aromatic heterocycles. The van der Waals surface area contributed by atoms with E-state index in [4.69, 9.17) is 5.73 Å². The van der Waals surface area contributed by atoms with E-state index in [9.17, 15) is 10.1 Å². The van der Waals surface area contributed by atoms with Gasteiger partial charge in [0.05, 0.1) is 11.6 Å². The van der Waals surface area contributed by atoms with Crippen molar-refractivity contribution in [1.29, 1.82) is 5.26 Å². The third kappa shape index (κ3) is 3.02. The molecule has 1 aliphatic rings. The summed E-state index contributed by atoms with van der Waals surface area (Å²) in [4.78, 5) is 13.3. The molecule has 0 radical (unpaired) electrons. The zero-order valence-corrected chi connectivity index (χ0v) is 12.8. The first kappa shape index (κ1) is 15.0. The number of nitrogens with two attached hydrogens (primary N) is 1. The molecule has 20 heavy (non-hydrogen) atoms.